The molecule has 0 spiro atoms. The summed E-state index contributed by atoms with van der Waals surface area (Å²) in [5.74, 6) is 0.391. The van der Waals surface area contributed by atoms with Gasteiger partial charge in [0.25, 0.3) is 0 Å². The molecule has 0 aromatic heterocycles. The molecule has 1 fully saturated rings. The van der Waals surface area contributed by atoms with Crippen LogP contribution in [0.1, 0.15) is 31.2 Å². The number of hydrogen-bond acceptors (Lipinski definition) is 3. The van der Waals surface area contributed by atoms with Crippen molar-refractivity contribution in [2.24, 2.45) is 0 Å². The lowest BCUT2D eigenvalue weighted by Crippen LogP contribution is -2.48. The molecule has 3 nitrogen and oxygen atoms in total. The maximum atomic E-state index is 9.76. The molecule has 2 rings (SSSR count). The molecular formula is C15H24N2O. The summed E-state index contributed by atoms with van der Waals surface area (Å²) in [7, 11) is 4.31. The molecule has 2 atom stereocenters. The maximum Gasteiger partial charge on any atom is 0.120 e. The first kappa shape index (κ1) is 13.4. The van der Waals surface area contributed by atoms with Crippen LogP contribution in [0.4, 0.5) is 0 Å². The average molecular weight is 248 g/mol. The fraction of sp³-hybridized carbons (Fsp3) is 0.600. The molecule has 0 amide bonds. The number of para-hydroxylation sites is 1. The minimum Gasteiger partial charge on any atom is -0.508 e. The van der Waals surface area contributed by atoms with Gasteiger partial charge in [-0.1, -0.05) is 31.0 Å². The zero-order valence-corrected chi connectivity index (χ0v) is 11.4. The van der Waals surface area contributed by atoms with Gasteiger partial charge >= 0.3 is 0 Å². The lowest BCUT2D eigenvalue weighted by atomic mass is 9.89. The Hall–Kier alpha value is -1.06. The van der Waals surface area contributed by atoms with Crippen molar-refractivity contribution in [3.8, 4) is 5.75 Å². The summed E-state index contributed by atoms with van der Waals surface area (Å²) in [5.41, 5.74) is 0.987. The fourth-order valence-corrected chi connectivity index (χ4v) is 2.87. The first-order chi connectivity index (χ1) is 8.68. The molecule has 2 N–H and O–H groups in total. The highest BCUT2D eigenvalue weighted by Crippen LogP contribution is 2.23. The monoisotopic (exact) mass is 248 g/mol. The van der Waals surface area contributed by atoms with E-state index in [0.29, 0.717) is 17.8 Å². The van der Waals surface area contributed by atoms with Gasteiger partial charge in [-0.15, -0.1) is 0 Å². The van der Waals surface area contributed by atoms with Gasteiger partial charge < -0.3 is 15.3 Å². The Labute approximate surface area is 110 Å². The molecule has 1 aliphatic rings. The molecular weight excluding hydrogens is 224 g/mol. The SMILES string of the molecule is CN(C)C1CCCCC1NCc1ccccc1O. The van der Waals surface area contributed by atoms with E-state index in [0.717, 1.165) is 12.1 Å². The van der Waals surface area contributed by atoms with Gasteiger partial charge in [-0.05, 0) is 33.0 Å². The van der Waals surface area contributed by atoms with E-state index < -0.39 is 0 Å². The largest absolute Gasteiger partial charge is 0.508 e. The average Bonchev–Trinajstić information content (AvgIpc) is 2.38. The van der Waals surface area contributed by atoms with Crippen LogP contribution in [-0.4, -0.2) is 36.2 Å². The second kappa shape index (κ2) is 6.21. The van der Waals surface area contributed by atoms with Crippen molar-refractivity contribution < 1.29 is 5.11 Å². The number of phenols is 1. The van der Waals surface area contributed by atoms with E-state index in [2.05, 4.69) is 24.3 Å². The van der Waals surface area contributed by atoms with Crippen LogP contribution >= 0.6 is 0 Å². The maximum absolute atomic E-state index is 9.76. The van der Waals surface area contributed by atoms with Crippen LogP contribution in [0, 0.1) is 0 Å². The standard InChI is InChI=1S/C15H24N2O/c1-17(2)14-9-5-4-8-13(14)16-11-12-7-3-6-10-15(12)18/h3,6-7,10,13-14,16,18H,4-5,8-9,11H2,1-2H3. The Bertz CT molecular complexity index is 379. The number of hydrogen-bond donors (Lipinski definition) is 2. The molecule has 100 valence electrons. The molecule has 0 heterocycles. The van der Waals surface area contributed by atoms with E-state index in [1.807, 2.05) is 18.2 Å². The number of phenolic OH excluding ortho intramolecular Hbond substituents is 1. The lowest BCUT2D eigenvalue weighted by molar-refractivity contribution is 0.175. The Balaban J connectivity index is 1.94. The van der Waals surface area contributed by atoms with E-state index in [9.17, 15) is 5.11 Å². The second-order valence-corrected chi connectivity index (χ2v) is 5.43. The van der Waals surface area contributed by atoms with Gasteiger partial charge in [-0.2, -0.15) is 0 Å². The van der Waals surface area contributed by atoms with Crippen LogP contribution in [0.5, 0.6) is 5.75 Å². The number of nitrogens with zero attached hydrogens (tertiary/aromatic N) is 1. The van der Waals surface area contributed by atoms with Crippen molar-refractivity contribution in [1.82, 2.24) is 10.2 Å². The number of aromatic hydroxyl groups is 1. The first-order valence-corrected chi connectivity index (χ1v) is 6.85. The van der Waals surface area contributed by atoms with Crippen LogP contribution in [0.15, 0.2) is 24.3 Å². The number of likely N-dealkylation sites (N-methyl/N-ethyl adjacent to an activating group) is 1. The predicted octanol–water partition coefficient (Wildman–Crippen LogP) is 2.35. The van der Waals surface area contributed by atoms with Crippen molar-refractivity contribution in [1.29, 1.82) is 0 Å². The van der Waals surface area contributed by atoms with Crippen LogP contribution in [-0.2, 0) is 6.54 Å². The molecule has 0 radical (unpaired) electrons. The molecule has 18 heavy (non-hydrogen) atoms. The van der Waals surface area contributed by atoms with Crippen LogP contribution in [0.2, 0.25) is 0 Å². The number of rotatable bonds is 4. The predicted molar refractivity (Wildman–Crippen MR) is 74.7 cm³/mol. The summed E-state index contributed by atoms with van der Waals surface area (Å²) in [6.07, 6.45) is 5.14. The molecule has 0 saturated heterocycles. The third-order valence-electron chi connectivity index (χ3n) is 3.94. The van der Waals surface area contributed by atoms with E-state index in [1.165, 1.54) is 25.7 Å². The normalized spacial score (nSPS) is 24.4. The zero-order valence-electron chi connectivity index (χ0n) is 11.4. The first-order valence-electron chi connectivity index (χ1n) is 6.85. The molecule has 1 aromatic carbocycles. The minimum absolute atomic E-state index is 0.391. The molecule has 0 bridgehead atoms. The highest BCUT2D eigenvalue weighted by Gasteiger charge is 2.26. The van der Waals surface area contributed by atoms with Gasteiger partial charge in [0, 0.05) is 24.2 Å². The third kappa shape index (κ3) is 3.24. The summed E-state index contributed by atoms with van der Waals surface area (Å²) < 4.78 is 0. The van der Waals surface area contributed by atoms with Crippen molar-refractivity contribution in [2.45, 2.75) is 44.3 Å². The molecule has 1 aliphatic carbocycles. The Morgan fingerprint density at radius 2 is 1.94 bits per heavy atom. The van der Waals surface area contributed by atoms with E-state index in [1.54, 1.807) is 6.07 Å². The highest BCUT2D eigenvalue weighted by atomic mass is 16.3. The molecule has 1 saturated carbocycles. The molecule has 3 heteroatoms. The van der Waals surface area contributed by atoms with Crippen molar-refractivity contribution in [2.75, 3.05) is 14.1 Å². The fourth-order valence-electron chi connectivity index (χ4n) is 2.87. The zero-order chi connectivity index (χ0) is 13.0. The number of benzene rings is 1. The summed E-state index contributed by atoms with van der Waals surface area (Å²) in [6.45, 7) is 0.752. The van der Waals surface area contributed by atoms with E-state index >= 15 is 0 Å². The van der Waals surface area contributed by atoms with E-state index in [4.69, 9.17) is 0 Å². The van der Waals surface area contributed by atoms with Gasteiger partial charge in [-0.3, -0.25) is 0 Å². The third-order valence-corrected chi connectivity index (χ3v) is 3.94. The second-order valence-electron chi connectivity index (χ2n) is 5.43. The summed E-state index contributed by atoms with van der Waals surface area (Å²) in [6, 6.07) is 8.72. The molecule has 2 unspecified atom stereocenters. The van der Waals surface area contributed by atoms with Gasteiger partial charge in [0.15, 0.2) is 0 Å². The minimum atomic E-state index is 0.391. The van der Waals surface area contributed by atoms with Gasteiger partial charge in [-0.25, -0.2) is 0 Å². The Kier molecular flexibility index (Phi) is 4.61. The van der Waals surface area contributed by atoms with Crippen LogP contribution < -0.4 is 5.32 Å². The number of nitrogens with one attached hydrogen (secondary N) is 1. The van der Waals surface area contributed by atoms with Crippen molar-refractivity contribution in [3.05, 3.63) is 29.8 Å². The molecule has 1 aromatic rings. The van der Waals surface area contributed by atoms with Crippen molar-refractivity contribution in [3.63, 3.8) is 0 Å². The summed E-state index contributed by atoms with van der Waals surface area (Å²) >= 11 is 0. The quantitative estimate of drug-likeness (QED) is 0.858. The van der Waals surface area contributed by atoms with Gasteiger partial charge in [0.2, 0.25) is 0 Å². The Morgan fingerprint density at radius 3 is 2.67 bits per heavy atom. The summed E-state index contributed by atoms with van der Waals surface area (Å²) in [4.78, 5) is 2.32. The van der Waals surface area contributed by atoms with E-state index in [-0.39, 0.29) is 0 Å². The Morgan fingerprint density at radius 1 is 1.22 bits per heavy atom. The smallest absolute Gasteiger partial charge is 0.120 e. The van der Waals surface area contributed by atoms with Crippen molar-refractivity contribution >= 4 is 0 Å². The highest BCUT2D eigenvalue weighted by molar-refractivity contribution is 5.31. The van der Waals surface area contributed by atoms with Gasteiger partial charge in [0.05, 0.1) is 0 Å². The summed E-state index contributed by atoms with van der Waals surface area (Å²) in [5, 5.41) is 13.4. The van der Waals surface area contributed by atoms with Crippen LogP contribution in [0.3, 0.4) is 0 Å². The topological polar surface area (TPSA) is 35.5 Å². The molecule has 0 aliphatic heterocycles. The lowest BCUT2D eigenvalue weighted by Gasteiger charge is -2.36. The van der Waals surface area contributed by atoms with Gasteiger partial charge in [0.1, 0.15) is 5.75 Å². The van der Waals surface area contributed by atoms with Crippen LogP contribution in [0.25, 0.3) is 0 Å².